The van der Waals surface area contributed by atoms with E-state index in [9.17, 15) is 4.39 Å². The fraction of sp³-hybridized carbons (Fsp3) is 0.200. The smallest absolute Gasteiger partial charge is 0.124 e. The van der Waals surface area contributed by atoms with Crippen molar-refractivity contribution < 1.29 is 9.13 Å². The lowest BCUT2D eigenvalue weighted by atomic mass is 10.1. The lowest BCUT2D eigenvalue weighted by molar-refractivity contribution is 0.301. The average molecular weight is 359 g/mol. The van der Waals surface area contributed by atoms with Gasteiger partial charge in [0.25, 0.3) is 0 Å². The lowest BCUT2D eigenvalue weighted by Gasteiger charge is -2.14. The van der Waals surface area contributed by atoms with Crippen LogP contribution in [-0.4, -0.2) is 0 Å². The lowest BCUT2D eigenvalue weighted by Crippen LogP contribution is -2.08. The largest absolute Gasteiger partial charge is 0.489 e. The maximum Gasteiger partial charge on any atom is 0.124 e. The first kappa shape index (κ1) is 15.3. The van der Waals surface area contributed by atoms with Gasteiger partial charge >= 0.3 is 0 Å². The number of halogens is 3. The van der Waals surface area contributed by atoms with E-state index < -0.39 is 0 Å². The van der Waals surface area contributed by atoms with Gasteiger partial charge in [-0.05, 0) is 48.9 Å². The molecule has 2 aromatic carbocycles. The standard InChI is InChI=1S/C15H14BrClFNO/c1-9(19)14-7-12(17)2-3-15(14)20-8-10-4-11(16)6-13(18)5-10/h2-7,9H,8,19H2,1H3/t9-/m1/s1. The number of benzene rings is 2. The fourth-order valence-electron chi connectivity index (χ4n) is 1.86. The summed E-state index contributed by atoms with van der Waals surface area (Å²) >= 11 is 9.21. The molecule has 2 nitrogen and oxygen atoms in total. The van der Waals surface area contributed by atoms with Crippen LogP contribution in [0.5, 0.6) is 5.75 Å². The van der Waals surface area contributed by atoms with Crippen LogP contribution in [0.3, 0.4) is 0 Å². The molecule has 0 aromatic heterocycles. The van der Waals surface area contributed by atoms with E-state index in [-0.39, 0.29) is 18.5 Å². The van der Waals surface area contributed by atoms with Gasteiger partial charge in [0.2, 0.25) is 0 Å². The van der Waals surface area contributed by atoms with Crippen molar-refractivity contribution in [1.29, 1.82) is 0 Å². The highest BCUT2D eigenvalue weighted by Gasteiger charge is 2.09. The van der Waals surface area contributed by atoms with Crippen LogP contribution < -0.4 is 10.5 Å². The second kappa shape index (κ2) is 6.57. The molecular weight excluding hydrogens is 345 g/mol. The average Bonchev–Trinajstić information content (AvgIpc) is 2.36. The quantitative estimate of drug-likeness (QED) is 0.848. The molecule has 0 aliphatic heterocycles. The van der Waals surface area contributed by atoms with Crippen molar-refractivity contribution in [1.82, 2.24) is 0 Å². The zero-order chi connectivity index (χ0) is 14.7. The molecule has 0 unspecified atom stereocenters. The van der Waals surface area contributed by atoms with E-state index in [1.165, 1.54) is 12.1 Å². The SMILES string of the molecule is C[C@@H](N)c1cc(Cl)ccc1OCc1cc(F)cc(Br)c1. The van der Waals surface area contributed by atoms with Crippen molar-refractivity contribution >= 4 is 27.5 Å². The Morgan fingerprint density at radius 3 is 2.70 bits per heavy atom. The number of hydrogen-bond donors (Lipinski definition) is 1. The molecule has 0 spiro atoms. The minimum atomic E-state index is -0.304. The van der Waals surface area contributed by atoms with Gasteiger partial charge in [-0.25, -0.2) is 4.39 Å². The molecule has 106 valence electrons. The van der Waals surface area contributed by atoms with Gasteiger partial charge in [-0.3, -0.25) is 0 Å². The fourth-order valence-corrected chi connectivity index (χ4v) is 2.56. The van der Waals surface area contributed by atoms with Crippen molar-refractivity contribution in [2.45, 2.75) is 19.6 Å². The van der Waals surface area contributed by atoms with E-state index in [2.05, 4.69) is 15.9 Å². The van der Waals surface area contributed by atoms with Crippen molar-refractivity contribution in [3.63, 3.8) is 0 Å². The highest BCUT2D eigenvalue weighted by molar-refractivity contribution is 9.10. The van der Waals surface area contributed by atoms with Crippen LogP contribution in [0.25, 0.3) is 0 Å². The Balaban J connectivity index is 2.18. The highest BCUT2D eigenvalue weighted by Crippen LogP contribution is 2.28. The Kier molecular flexibility index (Phi) is 5.02. The van der Waals surface area contributed by atoms with E-state index in [1.54, 1.807) is 18.2 Å². The molecule has 2 aromatic rings. The molecule has 2 N–H and O–H groups in total. The molecule has 0 saturated heterocycles. The summed E-state index contributed by atoms with van der Waals surface area (Å²) in [5.41, 5.74) is 7.46. The summed E-state index contributed by atoms with van der Waals surface area (Å²) in [5.74, 6) is 0.353. The highest BCUT2D eigenvalue weighted by atomic mass is 79.9. The predicted molar refractivity (Wildman–Crippen MR) is 82.5 cm³/mol. The molecule has 0 fully saturated rings. The molecule has 0 heterocycles. The van der Waals surface area contributed by atoms with Gasteiger partial charge in [-0.1, -0.05) is 27.5 Å². The van der Waals surface area contributed by atoms with Crippen LogP contribution in [0.1, 0.15) is 24.1 Å². The molecule has 0 aliphatic rings. The first-order chi connectivity index (χ1) is 9.45. The Hall–Kier alpha value is -1.10. The summed E-state index contributed by atoms with van der Waals surface area (Å²) in [7, 11) is 0. The van der Waals surface area contributed by atoms with E-state index >= 15 is 0 Å². The third-order valence-corrected chi connectivity index (χ3v) is 3.47. The molecule has 20 heavy (non-hydrogen) atoms. The van der Waals surface area contributed by atoms with E-state index in [0.717, 1.165) is 11.1 Å². The third kappa shape index (κ3) is 3.95. The Morgan fingerprint density at radius 2 is 2.05 bits per heavy atom. The second-order valence-electron chi connectivity index (χ2n) is 4.54. The molecule has 0 bridgehead atoms. The van der Waals surface area contributed by atoms with E-state index in [0.29, 0.717) is 15.2 Å². The van der Waals surface area contributed by atoms with Crippen LogP contribution in [0, 0.1) is 5.82 Å². The molecular formula is C15H14BrClFNO. The second-order valence-corrected chi connectivity index (χ2v) is 5.89. The van der Waals surface area contributed by atoms with Gasteiger partial charge in [0.1, 0.15) is 18.2 Å². The zero-order valence-electron chi connectivity index (χ0n) is 10.9. The molecule has 0 aliphatic carbocycles. The number of ether oxygens (including phenoxy) is 1. The van der Waals surface area contributed by atoms with Crippen LogP contribution >= 0.6 is 27.5 Å². The Morgan fingerprint density at radius 1 is 1.30 bits per heavy atom. The van der Waals surface area contributed by atoms with Gasteiger partial charge in [-0.2, -0.15) is 0 Å². The summed E-state index contributed by atoms with van der Waals surface area (Å²) in [4.78, 5) is 0. The molecule has 0 amide bonds. The van der Waals surface area contributed by atoms with E-state index in [4.69, 9.17) is 22.1 Å². The number of rotatable bonds is 4. The Bertz CT molecular complexity index is 599. The number of hydrogen-bond acceptors (Lipinski definition) is 2. The molecule has 2 rings (SSSR count). The molecule has 5 heteroatoms. The van der Waals surface area contributed by atoms with Crippen LogP contribution in [0.2, 0.25) is 5.02 Å². The van der Waals surface area contributed by atoms with Gasteiger partial charge in [0.05, 0.1) is 0 Å². The first-order valence-electron chi connectivity index (χ1n) is 6.08. The van der Waals surface area contributed by atoms with Crippen molar-refractivity contribution in [2.24, 2.45) is 5.73 Å². The van der Waals surface area contributed by atoms with Gasteiger partial charge in [0, 0.05) is 21.1 Å². The molecule has 0 radical (unpaired) electrons. The minimum Gasteiger partial charge on any atom is -0.489 e. The van der Waals surface area contributed by atoms with E-state index in [1.807, 2.05) is 13.0 Å². The Labute approximate surface area is 130 Å². The van der Waals surface area contributed by atoms with Gasteiger partial charge < -0.3 is 10.5 Å². The topological polar surface area (TPSA) is 35.2 Å². The van der Waals surface area contributed by atoms with Crippen LogP contribution in [0.15, 0.2) is 40.9 Å². The third-order valence-electron chi connectivity index (χ3n) is 2.78. The summed E-state index contributed by atoms with van der Waals surface area (Å²) in [6.07, 6.45) is 0. The molecule has 1 atom stereocenters. The predicted octanol–water partition coefficient (Wildman–Crippen LogP) is 4.84. The van der Waals surface area contributed by atoms with Crippen molar-refractivity contribution in [3.05, 3.63) is 62.8 Å². The van der Waals surface area contributed by atoms with Crippen LogP contribution in [-0.2, 0) is 6.61 Å². The normalized spacial score (nSPS) is 12.2. The van der Waals surface area contributed by atoms with Crippen LogP contribution in [0.4, 0.5) is 4.39 Å². The van der Waals surface area contributed by atoms with Gasteiger partial charge in [-0.15, -0.1) is 0 Å². The minimum absolute atomic E-state index is 0.192. The number of nitrogens with two attached hydrogens (primary N) is 1. The monoisotopic (exact) mass is 357 g/mol. The zero-order valence-corrected chi connectivity index (χ0v) is 13.2. The van der Waals surface area contributed by atoms with Crippen molar-refractivity contribution in [2.75, 3.05) is 0 Å². The first-order valence-corrected chi connectivity index (χ1v) is 7.25. The summed E-state index contributed by atoms with van der Waals surface area (Å²) in [5, 5.41) is 0.609. The summed E-state index contributed by atoms with van der Waals surface area (Å²) < 4.78 is 19.7. The van der Waals surface area contributed by atoms with Crippen molar-refractivity contribution in [3.8, 4) is 5.75 Å². The van der Waals surface area contributed by atoms with Gasteiger partial charge in [0.15, 0.2) is 0 Å². The summed E-state index contributed by atoms with van der Waals surface area (Å²) in [6.45, 7) is 2.12. The summed E-state index contributed by atoms with van der Waals surface area (Å²) in [6, 6.07) is 9.75. The maximum atomic E-state index is 13.3. The molecule has 0 saturated carbocycles. The maximum absolute atomic E-state index is 13.3.